The smallest absolute Gasteiger partial charge is 0.369 e. The van der Waals surface area contributed by atoms with E-state index in [-0.39, 0.29) is 29.3 Å². The average Bonchev–Trinajstić information content (AvgIpc) is 3.14. The highest BCUT2D eigenvalue weighted by atomic mass is 32.1. The second-order valence-electron chi connectivity index (χ2n) is 8.14. The lowest BCUT2D eigenvalue weighted by Crippen LogP contribution is -2.65. The minimum Gasteiger partial charge on any atom is -0.461 e. The predicted octanol–water partition coefficient (Wildman–Crippen LogP) is 2.34. The highest BCUT2D eigenvalue weighted by Crippen LogP contribution is 2.60. The highest BCUT2D eigenvalue weighted by Gasteiger charge is 2.64. The van der Waals surface area contributed by atoms with Crippen molar-refractivity contribution in [2.75, 3.05) is 12.0 Å². The Bertz CT molecular complexity index is 860. The highest BCUT2D eigenvalue weighted by molar-refractivity contribution is 7.13. The van der Waals surface area contributed by atoms with Crippen molar-refractivity contribution in [2.24, 2.45) is 28.8 Å². The van der Waals surface area contributed by atoms with E-state index in [1.165, 1.54) is 11.8 Å². The van der Waals surface area contributed by atoms with Crippen LogP contribution in [0.5, 0.6) is 0 Å². The van der Waals surface area contributed by atoms with E-state index in [0.29, 0.717) is 11.8 Å². The Kier molecular flexibility index (Phi) is 4.34. The molecule has 10 heteroatoms. The van der Waals surface area contributed by atoms with Gasteiger partial charge < -0.3 is 14.2 Å². The molecule has 1 aromatic rings. The van der Waals surface area contributed by atoms with Crippen molar-refractivity contribution in [3.63, 3.8) is 0 Å². The second kappa shape index (κ2) is 6.79. The average molecular weight is 419 g/mol. The largest absolute Gasteiger partial charge is 0.461 e. The van der Waals surface area contributed by atoms with Crippen LogP contribution in [0.15, 0.2) is 10.5 Å². The SMILES string of the molecule is CCOC(=O)c1csc(NN=C2C(=O)OC3(OC2=O)C2CC4CC(C2)CC3C4)n1. The van der Waals surface area contributed by atoms with E-state index in [2.05, 4.69) is 15.5 Å². The van der Waals surface area contributed by atoms with Crippen LogP contribution >= 0.6 is 11.3 Å². The maximum atomic E-state index is 12.6. The number of hydrazone groups is 1. The summed E-state index contributed by atoms with van der Waals surface area (Å²) >= 11 is 1.10. The number of nitrogens with zero attached hydrogens (tertiary/aromatic N) is 2. The molecule has 154 valence electrons. The topological polar surface area (TPSA) is 116 Å². The number of esters is 3. The van der Waals surface area contributed by atoms with E-state index >= 15 is 0 Å². The van der Waals surface area contributed by atoms with Crippen LogP contribution in [0.3, 0.4) is 0 Å². The molecule has 1 aliphatic heterocycles. The number of anilines is 1. The molecule has 0 atom stereocenters. The summed E-state index contributed by atoms with van der Waals surface area (Å²) in [5.41, 5.74) is 2.21. The summed E-state index contributed by atoms with van der Waals surface area (Å²) in [4.78, 5) is 41.0. The molecule has 1 saturated heterocycles. The standard InChI is InChI=1S/C19H21N3O6S/c1-2-26-15(23)13-8-29-18(20-13)22-21-14-16(24)27-19(28-17(14)25)11-4-9-3-10(6-11)7-12(19)5-9/h8-12H,2-7H2,1H3,(H,20,22). The van der Waals surface area contributed by atoms with Gasteiger partial charge in [-0.1, -0.05) is 0 Å². The quantitative estimate of drug-likeness (QED) is 0.584. The zero-order valence-electron chi connectivity index (χ0n) is 15.9. The fourth-order valence-corrected chi connectivity index (χ4v) is 6.11. The van der Waals surface area contributed by atoms with Crippen molar-refractivity contribution in [3.8, 4) is 0 Å². The van der Waals surface area contributed by atoms with Gasteiger partial charge >= 0.3 is 17.9 Å². The Morgan fingerprint density at radius 1 is 1.21 bits per heavy atom. The van der Waals surface area contributed by atoms with Crippen LogP contribution < -0.4 is 5.43 Å². The Morgan fingerprint density at radius 3 is 2.41 bits per heavy atom. The molecule has 2 heterocycles. The summed E-state index contributed by atoms with van der Waals surface area (Å²) in [6.07, 6.45) is 4.99. The number of hydrogen-bond donors (Lipinski definition) is 1. The fraction of sp³-hybridized carbons (Fsp3) is 0.632. The molecular weight excluding hydrogens is 398 g/mol. The Balaban J connectivity index is 1.31. The Labute approximate surface area is 170 Å². The van der Waals surface area contributed by atoms with E-state index in [1.54, 1.807) is 6.92 Å². The van der Waals surface area contributed by atoms with Crippen LogP contribution in [-0.2, 0) is 23.8 Å². The summed E-state index contributed by atoms with van der Waals surface area (Å²) < 4.78 is 16.4. The van der Waals surface area contributed by atoms with Crippen LogP contribution in [0, 0.1) is 23.7 Å². The minimum absolute atomic E-state index is 0.0762. The molecule has 5 aliphatic rings. The van der Waals surface area contributed by atoms with Crippen molar-refractivity contribution in [3.05, 3.63) is 11.1 Å². The first kappa shape index (κ1) is 18.5. The van der Waals surface area contributed by atoms with Gasteiger partial charge in [0.1, 0.15) is 0 Å². The molecule has 6 rings (SSSR count). The van der Waals surface area contributed by atoms with Gasteiger partial charge in [-0.05, 0) is 50.9 Å². The van der Waals surface area contributed by atoms with Crippen LogP contribution in [-0.4, -0.2) is 41.0 Å². The third-order valence-electron chi connectivity index (χ3n) is 6.42. The van der Waals surface area contributed by atoms with Gasteiger partial charge in [-0.15, -0.1) is 11.3 Å². The molecule has 1 N–H and O–H groups in total. The van der Waals surface area contributed by atoms with E-state index in [0.717, 1.165) is 37.0 Å². The Morgan fingerprint density at radius 2 is 1.83 bits per heavy atom. The minimum atomic E-state index is -1.13. The number of rotatable bonds is 4. The van der Waals surface area contributed by atoms with Crippen LogP contribution in [0.4, 0.5) is 5.13 Å². The van der Waals surface area contributed by atoms with Gasteiger partial charge in [0.15, 0.2) is 5.69 Å². The molecule has 0 radical (unpaired) electrons. The van der Waals surface area contributed by atoms with Gasteiger partial charge in [0.2, 0.25) is 5.13 Å². The van der Waals surface area contributed by atoms with Crippen molar-refractivity contribution < 1.29 is 28.6 Å². The zero-order chi connectivity index (χ0) is 20.2. The molecule has 4 bridgehead atoms. The van der Waals surface area contributed by atoms with Crippen LogP contribution in [0.2, 0.25) is 0 Å². The van der Waals surface area contributed by atoms with E-state index in [9.17, 15) is 14.4 Å². The van der Waals surface area contributed by atoms with Crippen LogP contribution in [0.25, 0.3) is 0 Å². The van der Waals surface area contributed by atoms with E-state index < -0.39 is 29.4 Å². The molecule has 0 amide bonds. The number of nitrogens with one attached hydrogen (secondary N) is 1. The molecule has 29 heavy (non-hydrogen) atoms. The molecule has 1 aromatic heterocycles. The molecule has 0 unspecified atom stereocenters. The number of carbonyl (C=O) groups excluding carboxylic acids is 3. The molecule has 9 nitrogen and oxygen atoms in total. The predicted molar refractivity (Wildman–Crippen MR) is 101 cm³/mol. The summed E-state index contributed by atoms with van der Waals surface area (Å²) in [6.45, 7) is 1.94. The fourth-order valence-electron chi connectivity index (χ4n) is 5.48. The maximum absolute atomic E-state index is 12.6. The summed E-state index contributed by atoms with van der Waals surface area (Å²) in [7, 11) is 0. The molecule has 4 saturated carbocycles. The lowest BCUT2D eigenvalue weighted by Gasteiger charge is -2.59. The normalized spacial score (nSPS) is 34.7. The van der Waals surface area contributed by atoms with Gasteiger partial charge in [-0.25, -0.2) is 19.4 Å². The van der Waals surface area contributed by atoms with E-state index in [4.69, 9.17) is 14.2 Å². The summed E-state index contributed by atoms with van der Waals surface area (Å²) in [6, 6.07) is 0. The lowest BCUT2D eigenvalue weighted by molar-refractivity contribution is -0.308. The monoisotopic (exact) mass is 419 g/mol. The number of ether oxygens (including phenoxy) is 3. The first-order valence-electron chi connectivity index (χ1n) is 9.91. The van der Waals surface area contributed by atoms with Crippen molar-refractivity contribution in [2.45, 2.75) is 44.8 Å². The number of hydrogen-bond acceptors (Lipinski definition) is 10. The first-order valence-corrected chi connectivity index (χ1v) is 10.8. The first-order chi connectivity index (χ1) is 14.0. The third kappa shape index (κ3) is 3.00. The summed E-state index contributed by atoms with van der Waals surface area (Å²) in [5.74, 6) is -1.78. The molecular formula is C19H21N3O6S. The molecule has 0 aromatic carbocycles. The van der Waals surface area contributed by atoms with E-state index in [1.807, 2.05) is 0 Å². The maximum Gasteiger partial charge on any atom is 0.369 e. The number of thiazole rings is 1. The van der Waals surface area contributed by atoms with Crippen molar-refractivity contribution in [1.82, 2.24) is 4.98 Å². The third-order valence-corrected chi connectivity index (χ3v) is 7.17. The van der Waals surface area contributed by atoms with Gasteiger partial charge in [-0.3, -0.25) is 5.43 Å². The molecule has 1 spiro atoms. The second-order valence-corrected chi connectivity index (χ2v) is 8.99. The number of carbonyl (C=O) groups is 3. The number of aromatic nitrogens is 1. The van der Waals surface area contributed by atoms with Crippen LogP contribution in [0.1, 0.15) is 49.5 Å². The molecule has 5 fully saturated rings. The summed E-state index contributed by atoms with van der Waals surface area (Å²) in [5, 5.41) is 5.59. The van der Waals surface area contributed by atoms with Gasteiger partial charge in [0, 0.05) is 17.2 Å². The van der Waals surface area contributed by atoms with Gasteiger partial charge in [0.25, 0.3) is 11.5 Å². The van der Waals surface area contributed by atoms with Crippen molar-refractivity contribution in [1.29, 1.82) is 0 Å². The van der Waals surface area contributed by atoms with Gasteiger partial charge in [0.05, 0.1) is 6.61 Å². The van der Waals surface area contributed by atoms with Gasteiger partial charge in [-0.2, -0.15) is 5.10 Å². The van der Waals surface area contributed by atoms with Crippen molar-refractivity contribution >= 4 is 40.1 Å². The zero-order valence-corrected chi connectivity index (χ0v) is 16.7. The Hall–Kier alpha value is -2.49. The molecule has 4 aliphatic carbocycles. The lowest BCUT2D eigenvalue weighted by atomic mass is 9.53.